The van der Waals surface area contributed by atoms with Crippen molar-refractivity contribution in [3.63, 3.8) is 0 Å². The van der Waals surface area contributed by atoms with Gasteiger partial charge in [0.1, 0.15) is 12.3 Å². The van der Waals surface area contributed by atoms with Crippen LogP contribution in [-0.2, 0) is 17.8 Å². The van der Waals surface area contributed by atoms with E-state index in [1.54, 1.807) is 20.2 Å². The van der Waals surface area contributed by atoms with E-state index < -0.39 is 0 Å². The van der Waals surface area contributed by atoms with Gasteiger partial charge in [0.2, 0.25) is 5.91 Å². The third kappa shape index (κ3) is 3.62. The summed E-state index contributed by atoms with van der Waals surface area (Å²) in [6.07, 6.45) is 2.34. The Morgan fingerprint density at radius 1 is 1.33 bits per heavy atom. The molecule has 1 aliphatic rings. The molecule has 1 aliphatic heterocycles. The van der Waals surface area contributed by atoms with Crippen molar-refractivity contribution in [2.75, 3.05) is 31.3 Å². The summed E-state index contributed by atoms with van der Waals surface area (Å²) in [5, 5.41) is 13.0. The molecule has 126 valence electrons. The first-order valence-corrected chi connectivity index (χ1v) is 7.45. The van der Waals surface area contributed by atoms with Gasteiger partial charge in [0, 0.05) is 26.2 Å². The van der Waals surface area contributed by atoms with Crippen LogP contribution in [0.1, 0.15) is 5.56 Å². The number of anilines is 2. The second kappa shape index (κ2) is 6.57. The number of nitrogens with zero attached hydrogens (tertiary/aromatic N) is 4. The Labute approximate surface area is 138 Å². The molecule has 0 unspecified atom stereocenters. The van der Waals surface area contributed by atoms with Crippen molar-refractivity contribution in [1.82, 2.24) is 19.9 Å². The van der Waals surface area contributed by atoms with Crippen LogP contribution in [0.3, 0.4) is 0 Å². The van der Waals surface area contributed by atoms with Gasteiger partial charge in [-0.25, -0.2) is 9.48 Å². The van der Waals surface area contributed by atoms with E-state index in [1.165, 1.54) is 15.8 Å². The zero-order chi connectivity index (χ0) is 17.1. The van der Waals surface area contributed by atoms with E-state index in [0.717, 1.165) is 17.7 Å². The molecule has 9 heteroatoms. The number of aromatic nitrogens is 3. The predicted octanol–water partition coefficient (Wildman–Crippen LogP) is 0.945. The number of amides is 3. The molecule has 0 bridgehead atoms. The van der Waals surface area contributed by atoms with Gasteiger partial charge in [-0.1, -0.05) is 5.21 Å². The topological polar surface area (TPSA) is 101 Å². The van der Waals surface area contributed by atoms with Gasteiger partial charge in [-0.05, 0) is 23.8 Å². The number of rotatable bonds is 4. The van der Waals surface area contributed by atoms with Crippen LogP contribution < -0.4 is 15.4 Å². The molecule has 0 saturated heterocycles. The summed E-state index contributed by atoms with van der Waals surface area (Å²) in [6, 6.07) is 5.24. The fourth-order valence-electron chi connectivity index (χ4n) is 2.27. The largest absolute Gasteiger partial charge is 0.493 e. The van der Waals surface area contributed by atoms with E-state index in [2.05, 4.69) is 20.9 Å². The Morgan fingerprint density at radius 3 is 2.96 bits per heavy atom. The number of carbonyl (C=O) groups is 2. The van der Waals surface area contributed by atoms with Crippen molar-refractivity contribution < 1.29 is 14.3 Å². The first-order chi connectivity index (χ1) is 11.5. The quantitative estimate of drug-likeness (QED) is 0.869. The molecule has 0 atom stereocenters. The maximum absolute atomic E-state index is 12.1. The number of ether oxygens (including phenoxy) is 1. The summed E-state index contributed by atoms with van der Waals surface area (Å²) in [5.41, 5.74) is 1.80. The monoisotopic (exact) mass is 330 g/mol. The van der Waals surface area contributed by atoms with Crippen molar-refractivity contribution in [3.8, 4) is 5.75 Å². The van der Waals surface area contributed by atoms with Crippen molar-refractivity contribution in [2.45, 2.75) is 13.0 Å². The molecule has 2 N–H and O–H groups in total. The fraction of sp³-hybridized carbons (Fsp3) is 0.333. The number of benzene rings is 1. The number of carbonyl (C=O) groups excluding carboxylic acids is 2. The number of fused-ring (bicyclic) bond motifs is 1. The van der Waals surface area contributed by atoms with Gasteiger partial charge in [-0.3, -0.25) is 10.1 Å². The molecule has 0 saturated carbocycles. The van der Waals surface area contributed by atoms with Crippen molar-refractivity contribution in [2.24, 2.45) is 0 Å². The Hall–Kier alpha value is -3.10. The summed E-state index contributed by atoms with van der Waals surface area (Å²) in [7, 11) is 3.24. The van der Waals surface area contributed by atoms with Gasteiger partial charge in [0.25, 0.3) is 0 Å². The van der Waals surface area contributed by atoms with Crippen LogP contribution in [0, 0.1) is 0 Å². The summed E-state index contributed by atoms with van der Waals surface area (Å²) in [4.78, 5) is 25.0. The van der Waals surface area contributed by atoms with Crippen LogP contribution in [0.4, 0.5) is 16.3 Å². The number of hydrogen-bond donors (Lipinski definition) is 2. The predicted molar refractivity (Wildman–Crippen MR) is 87.0 cm³/mol. The molecule has 2 aromatic rings. The van der Waals surface area contributed by atoms with E-state index in [4.69, 9.17) is 4.74 Å². The molecule has 0 radical (unpaired) electrons. The molecule has 24 heavy (non-hydrogen) atoms. The number of nitrogens with one attached hydrogen (secondary N) is 2. The fourth-order valence-corrected chi connectivity index (χ4v) is 2.27. The van der Waals surface area contributed by atoms with Gasteiger partial charge in [0.15, 0.2) is 5.82 Å². The molecular formula is C15H18N6O3. The number of urea groups is 1. The minimum atomic E-state index is -0.313. The minimum absolute atomic E-state index is 0.00157. The standard InChI is InChI=1S/C15H18N6O3/c1-20(2)15(23)17-13-8-21(19-18-13)9-14(22)16-11-3-4-12-10(7-11)5-6-24-12/h3-4,7-8H,5-6,9H2,1-2H3,(H,16,22)(H,17,23). The average molecular weight is 330 g/mol. The van der Waals surface area contributed by atoms with Crippen LogP contribution in [0.2, 0.25) is 0 Å². The van der Waals surface area contributed by atoms with E-state index in [-0.39, 0.29) is 24.3 Å². The first-order valence-electron chi connectivity index (χ1n) is 7.45. The van der Waals surface area contributed by atoms with Gasteiger partial charge in [0.05, 0.1) is 12.8 Å². The van der Waals surface area contributed by atoms with Gasteiger partial charge in [-0.2, -0.15) is 0 Å². The third-order valence-corrected chi connectivity index (χ3v) is 3.46. The maximum Gasteiger partial charge on any atom is 0.322 e. The highest BCUT2D eigenvalue weighted by molar-refractivity contribution is 5.91. The average Bonchev–Trinajstić information content (AvgIpc) is 3.15. The Balaban J connectivity index is 1.57. The molecule has 1 aromatic carbocycles. The van der Waals surface area contributed by atoms with Crippen LogP contribution in [0.5, 0.6) is 5.75 Å². The lowest BCUT2D eigenvalue weighted by molar-refractivity contribution is -0.116. The van der Waals surface area contributed by atoms with Crippen molar-refractivity contribution >= 4 is 23.4 Å². The zero-order valence-electron chi connectivity index (χ0n) is 13.4. The van der Waals surface area contributed by atoms with Crippen LogP contribution in [-0.4, -0.2) is 52.5 Å². The molecule has 1 aromatic heterocycles. The summed E-state index contributed by atoms with van der Waals surface area (Å²) >= 11 is 0. The van der Waals surface area contributed by atoms with E-state index in [9.17, 15) is 9.59 Å². The lowest BCUT2D eigenvalue weighted by Crippen LogP contribution is -2.27. The number of hydrogen-bond acceptors (Lipinski definition) is 5. The summed E-state index contributed by atoms with van der Waals surface area (Å²) in [6.45, 7) is 0.672. The maximum atomic E-state index is 12.1. The molecule has 3 rings (SSSR count). The van der Waals surface area contributed by atoms with Crippen LogP contribution in [0.15, 0.2) is 24.4 Å². The smallest absolute Gasteiger partial charge is 0.322 e. The second-order valence-corrected chi connectivity index (χ2v) is 5.60. The van der Waals surface area contributed by atoms with Gasteiger partial charge >= 0.3 is 6.03 Å². The zero-order valence-corrected chi connectivity index (χ0v) is 13.4. The highest BCUT2D eigenvalue weighted by atomic mass is 16.5. The SMILES string of the molecule is CN(C)C(=O)Nc1cn(CC(=O)Nc2ccc3c(c2)CCO3)nn1. The molecule has 9 nitrogen and oxygen atoms in total. The summed E-state index contributed by atoms with van der Waals surface area (Å²) in [5.74, 6) is 0.922. The first kappa shape index (κ1) is 15.8. The molecule has 3 amide bonds. The lowest BCUT2D eigenvalue weighted by Gasteiger charge is -2.09. The third-order valence-electron chi connectivity index (χ3n) is 3.46. The van der Waals surface area contributed by atoms with Crippen molar-refractivity contribution in [3.05, 3.63) is 30.0 Å². The van der Waals surface area contributed by atoms with E-state index in [0.29, 0.717) is 12.3 Å². The molecule has 2 heterocycles. The Bertz CT molecular complexity index is 770. The van der Waals surface area contributed by atoms with Crippen LogP contribution in [0.25, 0.3) is 0 Å². The molecule has 0 aliphatic carbocycles. The minimum Gasteiger partial charge on any atom is -0.493 e. The van der Waals surface area contributed by atoms with E-state index in [1.807, 2.05) is 12.1 Å². The van der Waals surface area contributed by atoms with Gasteiger partial charge < -0.3 is 15.0 Å². The summed E-state index contributed by atoms with van der Waals surface area (Å²) < 4.78 is 6.79. The molecule has 0 spiro atoms. The van der Waals surface area contributed by atoms with E-state index >= 15 is 0 Å². The van der Waals surface area contributed by atoms with Crippen LogP contribution >= 0.6 is 0 Å². The normalized spacial score (nSPS) is 12.2. The van der Waals surface area contributed by atoms with Crippen molar-refractivity contribution in [1.29, 1.82) is 0 Å². The molecule has 0 fully saturated rings. The molecular weight excluding hydrogens is 312 g/mol. The Kier molecular flexibility index (Phi) is 4.32. The highest BCUT2D eigenvalue weighted by Crippen LogP contribution is 2.27. The Morgan fingerprint density at radius 2 is 2.17 bits per heavy atom. The highest BCUT2D eigenvalue weighted by Gasteiger charge is 2.14. The van der Waals surface area contributed by atoms with Gasteiger partial charge in [-0.15, -0.1) is 5.10 Å². The second-order valence-electron chi connectivity index (χ2n) is 5.60. The lowest BCUT2D eigenvalue weighted by atomic mass is 10.1.